The van der Waals surface area contributed by atoms with Gasteiger partial charge >= 0.3 is 12.2 Å². The van der Waals surface area contributed by atoms with Crippen LogP contribution in [0.1, 0.15) is 38.2 Å². The SMILES string of the molecule is CC1(COc2nc3c4c(nc(-c5cc(N)cc(Cl)c5C(F)(F)F)c(F)c4n2)OCC[C@@H]2[C@@H]4CC[C@H](CN32)N4)CCOC1. The van der Waals surface area contributed by atoms with Gasteiger partial charge in [-0.15, -0.1) is 0 Å². The Morgan fingerprint density at radius 1 is 1.19 bits per heavy atom. The minimum atomic E-state index is -4.91. The molecule has 3 fully saturated rings. The van der Waals surface area contributed by atoms with Crippen LogP contribution in [-0.4, -0.2) is 66.0 Å². The molecular weight excluding hydrogens is 580 g/mol. The molecule has 2 aromatic heterocycles. The molecule has 6 heterocycles. The number of rotatable bonds is 4. The Balaban J connectivity index is 1.45. The summed E-state index contributed by atoms with van der Waals surface area (Å²) in [5.74, 6) is -0.751. The van der Waals surface area contributed by atoms with Crippen molar-refractivity contribution in [2.45, 2.75) is 56.9 Å². The van der Waals surface area contributed by atoms with Gasteiger partial charge < -0.3 is 30.2 Å². The first-order valence-electron chi connectivity index (χ1n) is 13.9. The summed E-state index contributed by atoms with van der Waals surface area (Å²) in [5, 5.41) is 3.16. The number of halogens is 5. The van der Waals surface area contributed by atoms with Gasteiger partial charge in [0.1, 0.15) is 22.4 Å². The molecule has 0 radical (unpaired) electrons. The standard InChI is InChI=1S/C28H29ClF4N6O3/c1-27(5-7-40-11-27)12-42-26-37-23-19-24(38-26)39-10-14-2-3-17(35-14)18(39)4-6-41-25(19)36-22(21(23)30)15-8-13(34)9-16(29)20(15)28(31,32)33/h8-9,14,17-18,35H,2-7,10-12,34H2,1H3/t14-,17+,18-,27?/m1/s1. The summed E-state index contributed by atoms with van der Waals surface area (Å²) in [6, 6.07) is 2.32. The molecule has 0 saturated carbocycles. The second-order valence-electron chi connectivity index (χ2n) is 11.9. The van der Waals surface area contributed by atoms with E-state index in [-0.39, 0.29) is 65.2 Å². The van der Waals surface area contributed by atoms with Gasteiger partial charge in [-0.2, -0.15) is 23.1 Å². The normalized spacial score (nSPS) is 27.0. The number of nitrogen functional groups attached to an aromatic ring is 1. The Labute approximate surface area is 243 Å². The monoisotopic (exact) mass is 608 g/mol. The highest BCUT2D eigenvalue weighted by atomic mass is 35.5. The first kappa shape index (κ1) is 27.7. The highest BCUT2D eigenvalue weighted by Crippen LogP contribution is 2.47. The number of nitrogens with one attached hydrogen (secondary N) is 1. The number of hydrogen-bond acceptors (Lipinski definition) is 9. The predicted octanol–water partition coefficient (Wildman–Crippen LogP) is 4.98. The molecule has 0 amide bonds. The number of aromatic nitrogens is 3. The molecule has 4 atom stereocenters. The van der Waals surface area contributed by atoms with Crippen LogP contribution in [0, 0.1) is 11.2 Å². The maximum Gasteiger partial charge on any atom is 0.418 e. The van der Waals surface area contributed by atoms with Gasteiger partial charge in [0.05, 0.1) is 30.4 Å². The van der Waals surface area contributed by atoms with Gasteiger partial charge in [0, 0.05) is 54.4 Å². The van der Waals surface area contributed by atoms with Crippen molar-refractivity contribution < 1.29 is 31.8 Å². The molecule has 4 aliphatic rings. The summed E-state index contributed by atoms with van der Waals surface area (Å²) in [5.41, 5.74) is 2.78. The fraction of sp³-hybridized carbons (Fsp3) is 0.536. The maximum atomic E-state index is 16.6. The van der Waals surface area contributed by atoms with Crippen LogP contribution in [0.4, 0.5) is 29.1 Å². The van der Waals surface area contributed by atoms with E-state index < -0.39 is 33.8 Å². The molecule has 42 heavy (non-hydrogen) atoms. The largest absolute Gasteiger partial charge is 0.477 e. The van der Waals surface area contributed by atoms with Crippen molar-refractivity contribution in [1.82, 2.24) is 20.3 Å². The number of ether oxygens (including phenoxy) is 3. The van der Waals surface area contributed by atoms with Crippen LogP contribution in [0.25, 0.3) is 22.2 Å². The third-order valence-electron chi connectivity index (χ3n) is 8.70. The molecule has 224 valence electrons. The summed E-state index contributed by atoms with van der Waals surface area (Å²) < 4.78 is 76.7. The second-order valence-corrected chi connectivity index (χ2v) is 12.3. The Hall–Kier alpha value is -3.16. The molecule has 9 nitrogen and oxygen atoms in total. The summed E-state index contributed by atoms with van der Waals surface area (Å²) in [4.78, 5) is 15.6. The van der Waals surface area contributed by atoms with E-state index in [1.54, 1.807) is 0 Å². The molecule has 3 aromatic rings. The van der Waals surface area contributed by atoms with Crippen molar-refractivity contribution in [3.05, 3.63) is 28.5 Å². The molecule has 1 unspecified atom stereocenters. The zero-order valence-corrected chi connectivity index (χ0v) is 23.5. The van der Waals surface area contributed by atoms with Crippen LogP contribution in [-0.2, 0) is 10.9 Å². The predicted molar refractivity (Wildman–Crippen MR) is 147 cm³/mol. The van der Waals surface area contributed by atoms with Crippen LogP contribution < -0.4 is 25.4 Å². The van der Waals surface area contributed by atoms with E-state index in [0.717, 1.165) is 31.4 Å². The lowest BCUT2D eigenvalue weighted by atomic mass is 9.91. The van der Waals surface area contributed by atoms with E-state index in [4.69, 9.17) is 36.5 Å². The van der Waals surface area contributed by atoms with Gasteiger partial charge in [0.25, 0.3) is 0 Å². The fourth-order valence-electron chi connectivity index (χ4n) is 6.59. The van der Waals surface area contributed by atoms with Gasteiger partial charge in [0.15, 0.2) is 5.82 Å². The quantitative estimate of drug-likeness (QED) is 0.313. The van der Waals surface area contributed by atoms with E-state index in [0.29, 0.717) is 32.0 Å². The molecule has 14 heteroatoms. The summed E-state index contributed by atoms with van der Waals surface area (Å²) >= 11 is 6.00. The van der Waals surface area contributed by atoms with E-state index in [9.17, 15) is 13.2 Å². The molecular formula is C28H29ClF4N6O3. The van der Waals surface area contributed by atoms with Gasteiger partial charge in [-0.25, -0.2) is 9.37 Å². The van der Waals surface area contributed by atoms with Crippen molar-refractivity contribution in [2.75, 3.05) is 43.6 Å². The highest BCUT2D eigenvalue weighted by Gasteiger charge is 2.44. The van der Waals surface area contributed by atoms with E-state index >= 15 is 4.39 Å². The first-order chi connectivity index (χ1) is 20.0. The molecule has 7 rings (SSSR count). The topological polar surface area (TPSA) is 108 Å². The van der Waals surface area contributed by atoms with Crippen LogP contribution in [0.3, 0.4) is 0 Å². The van der Waals surface area contributed by atoms with Crippen LogP contribution >= 0.6 is 11.6 Å². The lowest BCUT2D eigenvalue weighted by Gasteiger charge is -2.43. The number of nitrogens with zero attached hydrogens (tertiary/aromatic N) is 4. The van der Waals surface area contributed by atoms with Crippen molar-refractivity contribution in [3.8, 4) is 23.1 Å². The van der Waals surface area contributed by atoms with Gasteiger partial charge in [-0.05, 0) is 31.4 Å². The average molecular weight is 609 g/mol. The smallest absolute Gasteiger partial charge is 0.418 e. The third-order valence-corrected chi connectivity index (χ3v) is 8.99. The van der Waals surface area contributed by atoms with Gasteiger partial charge in [-0.3, -0.25) is 0 Å². The number of piperazine rings is 1. The van der Waals surface area contributed by atoms with Crippen molar-refractivity contribution >= 4 is 34.0 Å². The number of anilines is 2. The van der Waals surface area contributed by atoms with E-state index in [2.05, 4.69) is 20.2 Å². The maximum absolute atomic E-state index is 16.6. The molecule has 3 N–H and O–H groups in total. The number of nitrogens with two attached hydrogens (primary N) is 1. The number of pyridine rings is 1. The number of alkyl halides is 3. The molecule has 1 aromatic carbocycles. The fourth-order valence-corrected chi connectivity index (χ4v) is 6.92. The summed E-state index contributed by atoms with van der Waals surface area (Å²) in [7, 11) is 0. The third kappa shape index (κ3) is 4.65. The lowest BCUT2D eigenvalue weighted by molar-refractivity contribution is -0.137. The number of benzene rings is 1. The Morgan fingerprint density at radius 2 is 2.02 bits per heavy atom. The number of fused-ring (bicyclic) bond motifs is 5. The van der Waals surface area contributed by atoms with E-state index in [1.165, 1.54) is 0 Å². The Bertz CT molecular complexity index is 1570. The Kier molecular flexibility index (Phi) is 6.55. The Morgan fingerprint density at radius 3 is 2.79 bits per heavy atom. The molecule has 0 spiro atoms. The molecule has 4 aliphatic heterocycles. The van der Waals surface area contributed by atoms with Crippen molar-refractivity contribution in [3.63, 3.8) is 0 Å². The number of hydrogen-bond donors (Lipinski definition) is 2. The van der Waals surface area contributed by atoms with Crippen molar-refractivity contribution in [2.24, 2.45) is 5.41 Å². The average Bonchev–Trinajstić information content (AvgIpc) is 3.53. The molecule has 0 aliphatic carbocycles. The first-order valence-corrected chi connectivity index (χ1v) is 14.3. The lowest BCUT2D eigenvalue weighted by Crippen LogP contribution is -2.59. The van der Waals surface area contributed by atoms with Crippen LogP contribution in [0.2, 0.25) is 5.02 Å². The minimum absolute atomic E-state index is 0.0101. The van der Waals surface area contributed by atoms with E-state index in [1.807, 2.05) is 6.92 Å². The van der Waals surface area contributed by atoms with Crippen LogP contribution in [0.15, 0.2) is 12.1 Å². The minimum Gasteiger partial charge on any atom is -0.477 e. The van der Waals surface area contributed by atoms with Crippen LogP contribution in [0.5, 0.6) is 11.9 Å². The second kappa shape index (κ2) is 9.95. The van der Waals surface area contributed by atoms with Gasteiger partial charge in [0.2, 0.25) is 5.88 Å². The molecule has 2 bridgehead atoms. The highest BCUT2D eigenvalue weighted by molar-refractivity contribution is 6.32. The molecule has 3 saturated heterocycles. The van der Waals surface area contributed by atoms with Crippen molar-refractivity contribution in [1.29, 1.82) is 0 Å². The zero-order chi connectivity index (χ0) is 29.4. The van der Waals surface area contributed by atoms with Gasteiger partial charge in [-0.1, -0.05) is 18.5 Å². The summed E-state index contributed by atoms with van der Waals surface area (Å²) in [6.07, 6.45) is -1.56. The zero-order valence-electron chi connectivity index (χ0n) is 22.7. The summed E-state index contributed by atoms with van der Waals surface area (Å²) in [6.45, 7) is 4.17.